The molecule has 0 unspecified atom stereocenters. The number of nitrogens with one attached hydrogen (secondary N) is 1. The summed E-state index contributed by atoms with van der Waals surface area (Å²) >= 11 is 1.95. The number of halogens is 1. The summed E-state index contributed by atoms with van der Waals surface area (Å²) in [6.07, 6.45) is 2.51. The van der Waals surface area contributed by atoms with Crippen molar-refractivity contribution in [2.75, 3.05) is 0 Å². The van der Waals surface area contributed by atoms with E-state index in [9.17, 15) is 0 Å². The average Bonchev–Trinajstić information content (AvgIpc) is 1.68. The largest absolute Gasteiger partial charge is 0.384 e. The molecule has 0 saturated carbocycles. The third kappa shape index (κ3) is 3.79. The molecule has 0 aliphatic carbocycles. The summed E-state index contributed by atoms with van der Waals surface area (Å²) < 4.78 is 1.55. The van der Waals surface area contributed by atoms with Gasteiger partial charge in [-0.1, -0.05) is 0 Å². The fourth-order valence-corrected chi connectivity index (χ4v) is 0.506. The second-order valence-electron chi connectivity index (χ2n) is 0.985. The summed E-state index contributed by atoms with van der Waals surface area (Å²) in [5.41, 5.74) is 5.20. The van der Waals surface area contributed by atoms with Crippen molar-refractivity contribution in [2.24, 2.45) is 10.7 Å². The smallest absolute Gasteiger partial charge is 0.125 e. The van der Waals surface area contributed by atoms with Crippen LogP contribution in [0.15, 0.2) is 16.9 Å². The zero-order valence-corrected chi connectivity index (χ0v) is 6.29. The van der Waals surface area contributed by atoms with Gasteiger partial charge in [-0.05, 0) is 28.7 Å². The molecule has 3 N–H and O–H groups in total. The molecule has 0 fully saturated rings. The summed E-state index contributed by atoms with van der Waals surface area (Å²) in [5.74, 6) is 0.356. The highest BCUT2D eigenvalue weighted by molar-refractivity contribution is 14.1. The minimum Gasteiger partial charge on any atom is -0.384 e. The first-order chi connectivity index (χ1) is 3.81. The molecule has 3 nitrogen and oxygen atoms in total. The predicted octanol–water partition coefficient (Wildman–Crippen LogP) is 0.899. The van der Waals surface area contributed by atoms with Crippen molar-refractivity contribution in [2.45, 2.75) is 0 Å². The molecule has 0 heterocycles. The van der Waals surface area contributed by atoms with Crippen LogP contribution in [0.2, 0.25) is 0 Å². The average molecular weight is 223 g/mol. The summed E-state index contributed by atoms with van der Waals surface area (Å²) in [4.78, 5) is 3.66. The van der Waals surface area contributed by atoms with Crippen LogP contribution in [0, 0.1) is 5.41 Å². The van der Waals surface area contributed by atoms with Gasteiger partial charge in [-0.2, -0.15) is 0 Å². The van der Waals surface area contributed by atoms with Crippen molar-refractivity contribution in [3.05, 3.63) is 11.9 Å². The van der Waals surface area contributed by atoms with Gasteiger partial charge in [0.15, 0.2) is 0 Å². The Bertz CT molecular complexity index is 127. The van der Waals surface area contributed by atoms with Crippen LogP contribution in [-0.2, 0) is 0 Å². The molecule has 44 valence electrons. The Balaban J connectivity index is 3.79. The van der Waals surface area contributed by atoms with Gasteiger partial charge in [0, 0.05) is 6.21 Å². The van der Waals surface area contributed by atoms with Crippen LogP contribution in [0.5, 0.6) is 0 Å². The number of hydrogen-bond acceptors (Lipinski definition) is 3. The number of aliphatic imine (C=N–C) groups is 1. The van der Waals surface area contributed by atoms with Crippen LogP contribution >= 0.6 is 22.6 Å². The lowest BCUT2D eigenvalue weighted by Crippen LogP contribution is -1.91. The van der Waals surface area contributed by atoms with Crippen molar-refractivity contribution < 1.29 is 0 Å². The summed E-state index contributed by atoms with van der Waals surface area (Å²) in [6.45, 7) is 0. The molecule has 0 aromatic heterocycles. The first-order valence-corrected chi connectivity index (χ1v) is 3.15. The van der Waals surface area contributed by atoms with Gasteiger partial charge in [0.1, 0.15) is 5.82 Å². The van der Waals surface area contributed by atoms with Crippen molar-refractivity contribution in [3.63, 3.8) is 0 Å². The molecule has 0 aliphatic rings. The summed E-state index contributed by atoms with van der Waals surface area (Å²) in [6, 6.07) is 0. The number of hydrogen-bond donors (Lipinski definition) is 2. The van der Waals surface area contributed by atoms with E-state index in [1.807, 2.05) is 22.6 Å². The van der Waals surface area contributed by atoms with Gasteiger partial charge in [-0.3, -0.25) is 0 Å². The number of nitrogens with two attached hydrogens (primary N) is 1. The second kappa shape index (κ2) is 4.76. The highest BCUT2D eigenvalue weighted by Gasteiger charge is 1.74. The van der Waals surface area contributed by atoms with Crippen LogP contribution < -0.4 is 5.73 Å². The van der Waals surface area contributed by atoms with Crippen LogP contribution in [0.4, 0.5) is 0 Å². The maximum absolute atomic E-state index is 6.55. The van der Waals surface area contributed by atoms with Gasteiger partial charge in [0.2, 0.25) is 0 Å². The van der Waals surface area contributed by atoms with Gasteiger partial charge in [-0.15, -0.1) is 0 Å². The lowest BCUT2D eigenvalue weighted by atomic mass is 10.6. The van der Waals surface area contributed by atoms with E-state index in [-0.39, 0.29) is 0 Å². The molecule has 0 saturated heterocycles. The van der Waals surface area contributed by atoms with E-state index in [1.165, 1.54) is 6.08 Å². The zero-order chi connectivity index (χ0) is 6.41. The normalized spacial score (nSPS) is 12.4. The molecule has 8 heavy (non-hydrogen) atoms. The lowest BCUT2D eigenvalue weighted by molar-refractivity contribution is 1.27. The SMILES string of the molecule is N=C/C=C(N)\N=C/I. The van der Waals surface area contributed by atoms with Crippen molar-refractivity contribution in [1.29, 1.82) is 5.41 Å². The maximum atomic E-state index is 6.55. The Hall–Kier alpha value is -0.390. The third-order valence-electron chi connectivity index (χ3n) is 0.452. The number of allylic oxidation sites excluding steroid dienone is 1. The van der Waals surface area contributed by atoms with Crippen LogP contribution in [0.25, 0.3) is 0 Å². The van der Waals surface area contributed by atoms with E-state index in [0.29, 0.717) is 5.82 Å². The molecule has 0 radical (unpaired) electrons. The van der Waals surface area contributed by atoms with E-state index in [2.05, 4.69) is 4.99 Å². The Morgan fingerprint density at radius 3 is 2.75 bits per heavy atom. The zero-order valence-electron chi connectivity index (χ0n) is 4.13. The molecule has 0 rings (SSSR count). The number of nitrogens with zero attached hydrogens (tertiary/aromatic N) is 1. The Labute approximate surface area is 61.3 Å². The van der Waals surface area contributed by atoms with Gasteiger partial charge in [0.05, 0.1) is 4.22 Å². The topological polar surface area (TPSA) is 62.2 Å². The van der Waals surface area contributed by atoms with Crippen LogP contribution in [0.1, 0.15) is 0 Å². The third-order valence-corrected chi connectivity index (χ3v) is 0.730. The molecule has 0 aromatic carbocycles. The fraction of sp³-hybridized carbons (Fsp3) is 0. The Kier molecular flexibility index (Phi) is 4.53. The quantitative estimate of drug-likeness (QED) is 0.530. The summed E-state index contributed by atoms with van der Waals surface area (Å²) in [7, 11) is 0. The Morgan fingerprint density at radius 1 is 1.75 bits per heavy atom. The highest BCUT2D eigenvalue weighted by atomic mass is 127. The number of rotatable bonds is 2. The van der Waals surface area contributed by atoms with Gasteiger partial charge in [-0.25, -0.2) is 4.99 Å². The van der Waals surface area contributed by atoms with E-state index >= 15 is 0 Å². The molecular weight excluding hydrogens is 217 g/mol. The van der Waals surface area contributed by atoms with E-state index in [4.69, 9.17) is 11.1 Å². The standard InChI is InChI=1S/C4H6IN3/c5-3-8-4(7)1-2-6/h1-3,6H,7H2/b4-1-,6-2?,8-3-. The van der Waals surface area contributed by atoms with Crippen molar-refractivity contribution >= 4 is 33.0 Å². The molecule has 0 bridgehead atoms. The minimum atomic E-state index is 0.356. The summed E-state index contributed by atoms with van der Waals surface area (Å²) in [5, 5.41) is 6.55. The van der Waals surface area contributed by atoms with Crippen molar-refractivity contribution in [3.8, 4) is 0 Å². The fourth-order valence-electron chi connectivity index (χ4n) is 0.185. The predicted molar refractivity (Wildman–Crippen MR) is 43.6 cm³/mol. The monoisotopic (exact) mass is 223 g/mol. The van der Waals surface area contributed by atoms with Crippen molar-refractivity contribution in [1.82, 2.24) is 0 Å². The van der Waals surface area contributed by atoms with Gasteiger partial charge < -0.3 is 11.1 Å². The maximum Gasteiger partial charge on any atom is 0.125 e. The van der Waals surface area contributed by atoms with E-state index in [1.54, 1.807) is 4.22 Å². The van der Waals surface area contributed by atoms with Crippen LogP contribution in [-0.4, -0.2) is 10.4 Å². The van der Waals surface area contributed by atoms with Gasteiger partial charge >= 0.3 is 0 Å². The lowest BCUT2D eigenvalue weighted by Gasteiger charge is -1.82. The second-order valence-corrected chi connectivity index (χ2v) is 1.54. The Morgan fingerprint density at radius 2 is 2.38 bits per heavy atom. The molecule has 4 heteroatoms. The van der Waals surface area contributed by atoms with E-state index in [0.717, 1.165) is 6.21 Å². The molecule has 0 amide bonds. The minimum absolute atomic E-state index is 0.356. The molecule has 0 aromatic rings. The highest BCUT2D eigenvalue weighted by Crippen LogP contribution is 1.83. The first kappa shape index (κ1) is 7.61. The molecule has 0 atom stereocenters. The van der Waals surface area contributed by atoms with E-state index < -0.39 is 0 Å². The van der Waals surface area contributed by atoms with Crippen LogP contribution in [0.3, 0.4) is 0 Å². The molecular formula is C4H6IN3. The first-order valence-electron chi connectivity index (χ1n) is 1.90. The molecule has 0 spiro atoms. The molecule has 0 aliphatic heterocycles. The van der Waals surface area contributed by atoms with Gasteiger partial charge in [0.25, 0.3) is 0 Å².